The van der Waals surface area contributed by atoms with Gasteiger partial charge in [-0.25, -0.2) is 13.9 Å². The lowest BCUT2D eigenvalue weighted by Crippen LogP contribution is -2.36. The Hall–Kier alpha value is -3.32. The van der Waals surface area contributed by atoms with Gasteiger partial charge in [-0.15, -0.1) is 0 Å². The summed E-state index contributed by atoms with van der Waals surface area (Å²) in [6.07, 6.45) is 35.0. The van der Waals surface area contributed by atoms with Gasteiger partial charge in [0.1, 0.15) is 30.7 Å². The van der Waals surface area contributed by atoms with Crippen LogP contribution in [0.15, 0.2) is 65.7 Å². The van der Waals surface area contributed by atoms with E-state index in [1.54, 1.807) is 18.2 Å². The minimum Gasteiger partial charge on any atom is -0.462 e. The maximum Gasteiger partial charge on any atom is 0.481 e. The number of phosphoric ester groups is 2. The molecule has 0 spiro atoms. The minimum atomic E-state index is -5.45. The van der Waals surface area contributed by atoms with Crippen LogP contribution in [0.5, 0.6) is 0 Å². The van der Waals surface area contributed by atoms with Crippen LogP contribution in [0.25, 0.3) is 0 Å². The van der Waals surface area contributed by atoms with Crippen molar-refractivity contribution in [2.24, 2.45) is 5.92 Å². The van der Waals surface area contributed by atoms with Crippen LogP contribution in [0.2, 0.25) is 0 Å². The average molecular weight is 1100 g/mol. The van der Waals surface area contributed by atoms with Crippen LogP contribution in [0.3, 0.4) is 0 Å². The van der Waals surface area contributed by atoms with E-state index < -0.39 is 89.8 Å². The number of carbonyl (C=O) groups excluding carboxylic acids is 2. The zero-order chi connectivity index (χ0) is 55.2. The maximum absolute atomic E-state index is 12.9. The molecule has 1 fully saturated rings. The lowest BCUT2D eigenvalue weighted by Gasteiger charge is -2.21. The van der Waals surface area contributed by atoms with Gasteiger partial charge >= 0.3 is 33.3 Å². The summed E-state index contributed by atoms with van der Waals surface area (Å²) in [5, 5.41) is 31.1. The number of aliphatic hydroxyl groups is 3. The fraction of sp³-hybridized carbons (Fsp3) is 0.741. The van der Waals surface area contributed by atoms with Gasteiger partial charge in [0.2, 0.25) is 0 Å². The molecule has 1 saturated heterocycles. The third-order valence-corrected chi connectivity index (χ3v) is 15.0. The Morgan fingerprint density at radius 1 is 0.747 bits per heavy atom. The zero-order valence-corrected chi connectivity index (χ0v) is 46.9. The van der Waals surface area contributed by atoms with E-state index in [0.29, 0.717) is 25.7 Å². The van der Waals surface area contributed by atoms with E-state index in [4.69, 9.17) is 29.0 Å². The third-order valence-electron chi connectivity index (χ3n) is 12.4. The molecule has 0 aliphatic carbocycles. The first kappa shape index (κ1) is 67.8. The summed E-state index contributed by atoms with van der Waals surface area (Å²) in [5.74, 6) is -0.626. The normalized spacial score (nSPS) is 19.6. The maximum atomic E-state index is 12.9. The SMILES string of the molecule is CCCCC/C=C\C/C=C\CC(O)/C=C\C=C\CCCC(=O)OC[C@H](COP(=O)(O)OP(=O)(O)OC[C@H]1O[C@@H](n2ccc(N)nc2=O)[C@H](O)[C@@H]1O)OC(=O)CCCCCCCCCCCCCCCCCCC(C)C. The van der Waals surface area contributed by atoms with Crippen LogP contribution in [0.4, 0.5) is 5.82 Å². The van der Waals surface area contributed by atoms with Crippen molar-refractivity contribution in [3.63, 3.8) is 0 Å². The van der Waals surface area contributed by atoms with Gasteiger partial charge in [-0.3, -0.25) is 23.2 Å². The second-order valence-corrected chi connectivity index (χ2v) is 22.8. The topological polar surface area (TPSA) is 286 Å². The first-order chi connectivity index (χ1) is 35.9. The summed E-state index contributed by atoms with van der Waals surface area (Å²) in [6.45, 7) is 4.34. The molecule has 1 aliphatic heterocycles. The quantitative estimate of drug-likeness (QED) is 0.0116. The molecule has 75 heavy (non-hydrogen) atoms. The van der Waals surface area contributed by atoms with Gasteiger partial charge < -0.3 is 45.1 Å². The number of aliphatic hydroxyl groups excluding tert-OH is 3. The summed E-state index contributed by atoms with van der Waals surface area (Å²) in [4.78, 5) is 62.0. The number of nitrogens with two attached hydrogens (primary N) is 1. The van der Waals surface area contributed by atoms with Crippen LogP contribution < -0.4 is 11.4 Å². The van der Waals surface area contributed by atoms with Gasteiger partial charge in [-0.05, 0) is 56.9 Å². The number of carbonyl (C=O) groups is 2. The number of rotatable bonds is 45. The number of anilines is 1. The number of nitrogen functional groups attached to an aromatic ring is 1. The molecule has 19 nitrogen and oxygen atoms in total. The summed E-state index contributed by atoms with van der Waals surface area (Å²) in [7, 11) is -10.9. The number of aromatic nitrogens is 2. The second-order valence-electron chi connectivity index (χ2n) is 19.8. The first-order valence-electron chi connectivity index (χ1n) is 27.6. The van der Waals surface area contributed by atoms with E-state index in [9.17, 15) is 48.6 Å². The van der Waals surface area contributed by atoms with Crippen LogP contribution in [0, 0.1) is 5.92 Å². The van der Waals surface area contributed by atoms with Crippen molar-refractivity contribution in [1.82, 2.24) is 9.55 Å². The van der Waals surface area contributed by atoms with Crippen molar-refractivity contribution >= 4 is 33.4 Å². The van der Waals surface area contributed by atoms with Crippen molar-refractivity contribution in [2.45, 2.75) is 231 Å². The molecule has 8 atom stereocenters. The van der Waals surface area contributed by atoms with E-state index in [1.165, 1.54) is 102 Å². The molecule has 2 rings (SSSR count). The van der Waals surface area contributed by atoms with Gasteiger partial charge in [0.05, 0.1) is 19.3 Å². The Bertz CT molecular complexity index is 1980. The number of unbranched alkanes of at least 4 members (excludes halogenated alkanes) is 19. The molecule has 21 heteroatoms. The predicted octanol–water partition coefficient (Wildman–Crippen LogP) is 10.9. The summed E-state index contributed by atoms with van der Waals surface area (Å²) in [6, 6.07) is 1.24. The molecule has 430 valence electrons. The van der Waals surface area contributed by atoms with Gasteiger partial charge in [-0.2, -0.15) is 9.29 Å². The molecule has 1 aliphatic rings. The standard InChI is InChI=1S/C54H93N3O16P2/c1-4-5-6-7-8-17-21-25-30-35-45(58)36-31-26-23-28-32-37-49(59)68-41-46(71-50(60)38-33-27-22-19-16-14-12-10-9-11-13-15-18-20-24-29-34-44(2)3)42-69-74(64,65)73-75(66,67)70-43-47-51(61)52(62)53(72-47)57-40-39-48(55)56-54(57)63/h8,17,23,25-26,30-31,36,39-40,44-47,51-53,58,61-62H,4-7,9-16,18-22,24,27-29,32-35,37-38,41-43H2,1-3H3,(H,64,65)(H,66,67)(H2,55,56,63)/b17-8-,26-23+,30-25-,36-31-/t45?,46-,47-,51-,52-,53-/m1/s1. The van der Waals surface area contributed by atoms with Gasteiger partial charge in [0.15, 0.2) is 12.3 Å². The number of phosphoric acid groups is 2. The Morgan fingerprint density at radius 3 is 1.96 bits per heavy atom. The molecule has 0 aromatic carbocycles. The molecule has 7 N–H and O–H groups in total. The number of hydrogen-bond acceptors (Lipinski definition) is 16. The van der Waals surface area contributed by atoms with E-state index in [0.717, 1.165) is 55.2 Å². The van der Waals surface area contributed by atoms with E-state index in [-0.39, 0.29) is 18.7 Å². The van der Waals surface area contributed by atoms with Gasteiger partial charge in [-0.1, -0.05) is 185 Å². The van der Waals surface area contributed by atoms with E-state index >= 15 is 0 Å². The molecule has 0 amide bonds. The largest absolute Gasteiger partial charge is 0.481 e. The highest BCUT2D eigenvalue weighted by Gasteiger charge is 2.46. The number of allylic oxidation sites excluding steroid dienone is 6. The summed E-state index contributed by atoms with van der Waals surface area (Å²) < 4.78 is 56.8. The van der Waals surface area contributed by atoms with Crippen molar-refractivity contribution < 1.29 is 71.4 Å². The Morgan fingerprint density at radius 2 is 1.33 bits per heavy atom. The molecule has 0 radical (unpaired) electrons. The van der Waals surface area contributed by atoms with Gasteiger partial charge in [0.25, 0.3) is 0 Å². The number of ether oxygens (including phenoxy) is 3. The van der Waals surface area contributed by atoms with Crippen LogP contribution in [-0.2, 0) is 46.3 Å². The lowest BCUT2D eigenvalue weighted by atomic mass is 10.0. The third kappa shape index (κ3) is 34.2. The number of hydrogen-bond donors (Lipinski definition) is 6. The average Bonchev–Trinajstić information content (AvgIpc) is 3.63. The molecular weight excluding hydrogens is 1010 g/mol. The monoisotopic (exact) mass is 1100 g/mol. The van der Waals surface area contributed by atoms with Crippen molar-refractivity contribution in [1.29, 1.82) is 0 Å². The smallest absolute Gasteiger partial charge is 0.462 e. The van der Waals surface area contributed by atoms with Gasteiger partial charge in [0, 0.05) is 19.0 Å². The highest BCUT2D eigenvalue weighted by molar-refractivity contribution is 7.61. The van der Waals surface area contributed by atoms with Crippen LogP contribution in [-0.4, -0.2) is 96.9 Å². The molecular formula is C54H93N3O16P2. The lowest BCUT2D eigenvalue weighted by molar-refractivity contribution is -0.161. The first-order valence-corrected chi connectivity index (χ1v) is 30.6. The summed E-state index contributed by atoms with van der Waals surface area (Å²) >= 11 is 0. The zero-order valence-electron chi connectivity index (χ0n) is 45.1. The number of nitrogens with zero attached hydrogens (tertiary/aromatic N) is 2. The van der Waals surface area contributed by atoms with Crippen LogP contribution in [0.1, 0.15) is 200 Å². The molecule has 0 bridgehead atoms. The molecule has 0 saturated carbocycles. The fourth-order valence-electron chi connectivity index (χ4n) is 8.10. The van der Waals surface area contributed by atoms with E-state index in [2.05, 4.69) is 42.2 Å². The molecule has 1 aromatic rings. The number of esters is 2. The van der Waals surface area contributed by atoms with Crippen molar-refractivity contribution in [3.8, 4) is 0 Å². The van der Waals surface area contributed by atoms with Crippen molar-refractivity contribution in [3.05, 3.63) is 71.4 Å². The van der Waals surface area contributed by atoms with Crippen molar-refractivity contribution in [2.75, 3.05) is 25.6 Å². The fourth-order valence-corrected chi connectivity index (χ4v) is 10.2. The second kappa shape index (κ2) is 40.8. The highest BCUT2D eigenvalue weighted by atomic mass is 31.3. The predicted molar refractivity (Wildman–Crippen MR) is 290 cm³/mol. The Balaban J connectivity index is 1.81. The molecule has 2 heterocycles. The van der Waals surface area contributed by atoms with Crippen LogP contribution >= 0.6 is 15.6 Å². The van der Waals surface area contributed by atoms with E-state index in [1.807, 2.05) is 18.2 Å². The Labute approximate surface area is 446 Å². The highest BCUT2D eigenvalue weighted by Crippen LogP contribution is 2.60. The Kier molecular flexibility index (Phi) is 36.9. The summed E-state index contributed by atoms with van der Waals surface area (Å²) in [5.41, 5.74) is 4.58. The molecule has 1 aromatic heterocycles. The minimum absolute atomic E-state index is 0.00760. The molecule has 3 unspecified atom stereocenters.